The van der Waals surface area contributed by atoms with E-state index in [1.807, 2.05) is 0 Å². The van der Waals surface area contributed by atoms with Gasteiger partial charge < -0.3 is 0 Å². The normalized spacial score (nSPS) is 17.6. The van der Waals surface area contributed by atoms with Crippen LogP contribution >= 0.6 is 0 Å². The van der Waals surface area contributed by atoms with Crippen molar-refractivity contribution in [2.24, 2.45) is 5.41 Å². The van der Waals surface area contributed by atoms with Crippen LogP contribution < -0.4 is 10.4 Å². The molecule has 0 saturated carbocycles. The fraction of sp³-hybridized carbons (Fsp3) is 0.286. The molecule has 0 atom stereocenters. The predicted molar refractivity (Wildman–Crippen MR) is 62.3 cm³/mol. The number of hydrogen-bond donors (Lipinski definition) is 0. The lowest BCUT2D eigenvalue weighted by atomic mass is 9.92. The first-order valence-electron chi connectivity index (χ1n) is 5.06. The van der Waals surface area contributed by atoms with Crippen molar-refractivity contribution in [1.29, 1.82) is 0 Å². The quantitative estimate of drug-likeness (QED) is 0.579. The SMILES string of the molecule is Cc1ccc2c(c1)=CC=CC(C)(C)C=2. The molecule has 0 amide bonds. The molecule has 0 spiro atoms. The molecule has 0 fully saturated rings. The molecule has 0 N–H and O–H groups in total. The zero-order chi connectivity index (χ0) is 10.2. The second kappa shape index (κ2) is 3.13. The van der Waals surface area contributed by atoms with E-state index in [0.717, 1.165) is 0 Å². The van der Waals surface area contributed by atoms with E-state index < -0.39 is 0 Å². The molecule has 1 aliphatic rings. The van der Waals surface area contributed by atoms with Crippen LogP contribution in [-0.2, 0) is 0 Å². The summed E-state index contributed by atoms with van der Waals surface area (Å²) in [4.78, 5) is 0. The lowest BCUT2D eigenvalue weighted by Crippen LogP contribution is -2.25. The molecule has 1 aromatic rings. The third-order valence-electron chi connectivity index (χ3n) is 2.57. The highest BCUT2D eigenvalue weighted by molar-refractivity contribution is 5.48. The predicted octanol–water partition coefficient (Wildman–Crippen LogP) is 2.15. The fourth-order valence-electron chi connectivity index (χ4n) is 1.82. The van der Waals surface area contributed by atoms with Gasteiger partial charge in [0, 0.05) is 5.41 Å². The zero-order valence-corrected chi connectivity index (χ0v) is 9.04. The number of aryl methyl sites for hydroxylation is 1. The van der Waals surface area contributed by atoms with Gasteiger partial charge in [0.15, 0.2) is 0 Å². The van der Waals surface area contributed by atoms with E-state index in [9.17, 15) is 0 Å². The minimum absolute atomic E-state index is 0.164. The number of hydrogen-bond acceptors (Lipinski definition) is 0. The lowest BCUT2D eigenvalue weighted by Gasteiger charge is -2.12. The van der Waals surface area contributed by atoms with Crippen molar-refractivity contribution in [1.82, 2.24) is 0 Å². The van der Waals surface area contributed by atoms with Crippen LogP contribution in [0.25, 0.3) is 12.2 Å². The lowest BCUT2D eigenvalue weighted by molar-refractivity contribution is 0.671. The van der Waals surface area contributed by atoms with Gasteiger partial charge in [-0.15, -0.1) is 0 Å². The fourth-order valence-corrected chi connectivity index (χ4v) is 1.82. The van der Waals surface area contributed by atoms with Crippen LogP contribution in [0.4, 0.5) is 0 Å². The molecule has 0 bridgehead atoms. The maximum atomic E-state index is 2.32. The van der Waals surface area contributed by atoms with Crippen molar-refractivity contribution in [3.63, 3.8) is 0 Å². The van der Waals surface area contributed by atoms with Crippen molar-refractivity contribution in [3.05, 3.63) is 46.4 Å². The summed E-state index contributed by atoms with van der Waals surface area (Å²) in [6.45, 7) is 6.59. The summed E-state index contributed by atoms with van der Waals surface area (Å²) in [6, 6.07) is 6.61. The molecule has 0 heterocycles. The Morgan fingerprint density at radius 1 is 1.07 bits per heavy atom. The monoisotopic (exact) mass is 184 g/mol. The molecule has 0 radical (unpaired) electrons. The molecule has 1 aliphatic carbocycles. The van der Waals surface area contributed by atoms with Gasteiger partial charge in [-0.25, -0.2) is 0 Å². The first-order chi connectivity index (χ1) is 6.57. The average molecular weight is 184 g/mol. The van der Waals surface area contributed by atoms with Crippen LogP contribution in [0.2, 0.25) is 0 Å². The first kappa shape index (κ1) is 9.26. The summed E-state index contributed by atoms with van der Waals surface area (Å²) in [5, 5.41) is 2.66. The summed E-state index contributed by atoms with van der Waals surface area (Å²) >= 11 is 0. The summed E-state index contributed by atoms with van der Waals surface area (Å²) < 4.78 is 0. The number of fused-ring (bicyclic) bond motifs is 1. The van der Waals surface area contributed by atoms with Crippen LogP contribution in [-0.4, -0.2) is 0 Å². The third kappa shape index (κ3) is 1.79. The maximum absolute atomic E-state index is 2.32. The molecule has 0 aliphatic heterocycles. The number of allylic oxidation sites excluding steroid dienone is 2. The van der Waals surface area contributed by atoms with Gasteiger partial charge in [0.25, 0.3) is 0 Å². The Hall–Kier alpha value is -1.30. The van der Waals surface area contributed by atoms with Gasteiger partial charge in [-0.3, -0.25) is 0 Å². The maximum Gasteiger partial charge on any atom is 0.00167 e. The number of benzene rings is 1. The van der Waals surface area contributed by atoms with Gasteiger partial charge in [-0.05, 0) is 17.4 Å². The minimum Gasteiger partial charge on any atom is -0.0750 e. The first-order valence-corrected chi connectivity index (χ1v) is 5.06. The molecule has 0 aromatic heterocycles. The highest BCUT2D eigenvalue weighted by Crippen LogP contribution is 2.19. The molecule has 2 rings (SSSR count). The van der Waals surface area contributed by atoms with Gasteiger partial charge >= 0.3 is 0 Å². The molecule has 1 aromatic carbocycles. The Bertz CT molecular complexity index is 487. The molecular weight excluding hydrogens is 168 g/mol. The Morgan fingerprint density at radius 2 is 1.86 bits per heavy atom. The highest BCUT2D eigenvalue weighted by atomic mass is 14.1. The van der Waals surface area contributed by atoms with E-state index in [0.29, 0.717) is 0 Å². The van der Waals surface area contributed by atoms with E-state index in [1.54, 1.807) is 0 Å². The van der Waals surface area contributed by atoms with Crippen LogP contribution in [0.3, 0.4) is 0 Å². The van der Waals surface area contributed by atoms with Gasteiger partial charge in [-0.2, -0.15) is 0 Å². The van der Waals surface area contributed by atoms with Crippen LogP contribution in [0.5, 0.6) is 0 Å². The van der Waals surface area contributed by atoms with E-state index in [1.165, 1.54) is 16.0 Å². The van der Waals surface area contributed by atoms with E-state index in [2.05, 4.69) is 63.3 Å². The van der Waals surface area contributed by atoms with Crippen molar-refractivity contribution in [3.8, 4) is 0 Å². The van der Waals surface area contributed by atoms with Crippen LogP contribution in [0.1, 0.15) is 19.4 Å². The summed E-state index contributed by atoms with van der Waals surface area (Å²) in [7, 11) is 0. The average Bonchev–Trinajstić information content (AvgIpc) is 2.22. The van der Waals surface area contributed by atoms with Gasteiger partial charge in [-0.1, -0.05) is 61.9 Å². The van der Waals surface area contributed by atoms with Gasteiger partial charge in [0.2, 0.25) is 0 Å². The van der Waals surface area contributed by atoms with Crippen LogP contribution in [0, 0.1) is 12.3 Å². The Labute approximate surface area is 85.3 Å². The van der Waals surface area contributed by atoms with Crippen LogP contribution in [0.15, 0.2) is 30.4 Å². The molecule has 72 valence electrons. The zero-order valence-electron chi connectivity index (χ0n) is 9.04. The van der Waals surface area contributed by atoms with Crippen molar-refractivity contribution in [2.45, 2.75) is 20.8 Å². The van der Waals surface area contributed by atoms with Gasteiger partial charge in [0.1, 0.15) is 0 Å². The van der Waals surface area contributed by atoms with E-state index >= 15 is 0 Å². The van der Waals surface area contributed by atoms with E-state index in [4.69, 9.17) is 0 Å². The number of rotatable bonds is 0. The summed E-state index contributed by atoms with van der Waals surface area (Å²) in [5.74, 6) is 0. The summed E-state index contributed by atoms with van der Waals surface area (Å²) in [6.07, 6.45) is 8.90. The Morgan fingerprint density at radius 3 is 2.64 bits per heavy atom. The Balaban J connectivity index is 2.77. The highest BCUT2D eigenvalue weighted by Gasteiger charge is 2.09. The molecule has 0 heteroatoms. The molecule has 0 saturated heterocycles. The van der Waals surface area contributed by atoms with Gasteiger partial charge in [0.05, 0.1) is 0 Å². The molecule has 0 nitrogen and oxygen atoms in total. The second-order valence-electron chi connectivity index (χ2n) is 4.62. The van der Waals surface area contributed by atoms with Crippen molar-refractivity contribution in [2.75, 3.05) is 0 Å². The summed E-state index contributed by atoms with van der Waals surface area (Å²) in [5.41, 5.74) is 1.48. The smallest absolute Gasteiger partial charge is 0.00167 e. The molecule has 0 unspecified atom stereocenters. The van der Waals surface area contributed by atoms with Crippen molar-refractivity contribution < 1.29 is 0 Å². The largest absolute Gasteiger partial charge is 0.0750 e. The topological polar surface area (TPSA) is 0 Å². The van der Waals surface area contributed by atoms with E-state index in [-0.39, 0.29) is 5.41 Å². The standard InChI is InChI=1S/C14H16/c1-11-6-7-13-10-14(2,3)8-4-5-12(13)9-11/h4-10H,1-3H3. The third-order valence-corrected chi connectivity index (χ3v) is 2.57. The van der Waals surface area contributed by atoms with Crippen molar-refractivity contribution >= 4 is 12.2 Å². The Kier molecular flexibility index (Phi) is 2.07. The minimum atomic E-state index is 0.164. The molecular formula is C14H16. The molecule has 14 heavy (non-hydrogen) atoms. The second-order valence-corrected chi connectivity index (χ2v) is 4.62.